The third-order valence-electron chi connectivity index (χ3n) is 14.6. The maximum absolute atomic E-state index is 14.4. The van der Waals surface area contributed by atoms with Crippen molar-refractivity contribution >= 4 is 35.4 Å². The molecule has 382 valence electrons. The zero-order valence-electron chi connectivity index (χ0n) is 42.3. The number of esters is 1. The number of fused-ring (bicyclic) bond motifs is 3. The summed E-state index contributed by atoms with van der Waals surface area (Å²) in [5, 5.41) is 23.4. The van der Waals surface area contributed by atoms with E-state index in [4.69, 9.17) is 28.4 Å². The van der Waals surface area contributed by atoms with Gasteiger partial charge in [0.1, 0.15) is 36.2 Å². The van der Waals surface area contributed by atoms with E-state index in [1.807, 2.05) is 58.1 Å². The average Bonchev–Trinajstić information content (AvgIpc) is 3.31. The second kappa shape index (κ2) is 26.8. The van der Waals surface area contributed by atoms with Gasteiger partial charge in [-0.1, -0.05) is 71.1 Å². The Morgan fingerprint density at radius 1 is 0.897 bits per heavy atom. The van der Waals surface area contributed by atoms with Gasteiger partial charge in [-0.05, 0) is 120 Å². The number of carbonyl (C=O) groups excluding carboxylic acids is 6. The van der Waals surface area contributed by atoms with Crippen molar-refractivity contribution in [2.75, 3.05) is 27.4 Å². The number of piperidine rings is 1. The van der Waals surface area contributed by atoms with Gasteiger partial charge in [-0.2, -0.15) is 0 Å². The largest absolute Gasteiger partial charge is 0.508 e. The molecule has 2 N–H and O–H groups in total. The van der Waals surface area contributed by atoms with E-state index in [9.17, 15) is 39.0 Å². The molecule has 3 aliphatic heterocycles. The number of hydrogen-bond acceptors (Lipinski definition) is 14. The molecule has 0 spiro atoms. The van der Waals surface area contributed by atoms with Gasteiger partial charge < -0.3 is 43.5 Å². The Hall–Kier alpha value is -4.02. The third kappa shape index (κ3) is 15.5. The summed E-state index contributed by atoms with van der Waals surface area (Å²) >= 11 is 0. The van der Waals surface area contributed by atoms with Crippen molar-refractivity contribution in [1.29, 1.82) is 0 Å². The molecule has 2 saturated heterocycles. The van der Waals surface area contributed by atoms with E-state index >= 15 is 0 Å². The summed E-state index contributed by atoms with van der Waals surface area (Å²) in [6, 6.07) is -1.15. The Labute approximate surface area is 404 Å². The highest BCUT2D eigenvalue weighted by Gasteiger charge is 2.53. The zero-order chi connectivity index (χ0) is 50.3. The van der Waals surface area contributed by atoms with E-state index in [2.05, 4.69) is 0 Å². The van der Waals surface area contributed by atoms with Gasteiger partial charge in [-0.25, -0.2) is 9.59 Å². The lowest BCUT2D eigenvalue weighted by atomic mass is 9.79. The molecule has 0 aromatic carbocycles. The molecule has 1 saturated carbocycles. The first kappa shape index (κ1) is 56.6. The number of nitrogens with zero attached hydrogens (tertiary/aromatic N) is 1. The molecule has 68 heavy (non-hydrogen) atoms. The Morgan fingerprint density at radius 2 is 1.60 bits per heavy atom. The van der Waals surface area contributed by atoms with Gasteiger partial charge in [0.2, 0.25) is 5.79 Å². The SMILES string of the molecule is CCOC(=O)O[C@H]1CC[C@H](C[C@@H](C)[C@@H]2CC(=O)[C@H](C)/C=C(\C)[C@@H](O)[C@@H](OC)C(=O)[C@H](C)C[C@H](C)/C=C/C=C/C=C(\C)[C@@H](OC)C[C@@H]3CC[C@@H](C)[C@@](O)(O3)C(=O)C(=O)N3CCCC[C@H]3C(=O)O2)CC1. The predicted octanol–water partition coefficient (Wildman–Crippen LogP) is 7.74. The summed E-state index contributed by atoms with van der Waals surface area (Å²) in [6.07, 6.45) is 12.0. The molecule has 4 rings (SSSR count). The minimum absolute atomic E-state index is 0.0140. The number of cyclic esters (lactones) is 1. The molecule has 4 aliphatic rings. The number of hydrogen-bond donors (Lipinski definition) is 2. The summed E-state index contributed by atoms with van der Waals surface area (Å²) in [7, 11) is 2.95. The third-order valence-corrected chi connectivity index (χ3v) is 14.6. The molecule has 0 aromatic heterocycles. The van der Waals surface area contributed by atoms with Crippen LogP contribution in [-0.4, -0.2) is 126 Å². The van der Waals surface area contributed by atoms with E-state index in [0.29, 0.717) is 63.4 Å². The highest BCUT2D eigenvalue weighted by Crippen LogP contribution is 2.38. The van der Waals surface area contributed by atoms with Crippen LogP contribution in [0.3, 0.4) is 0 Å². The summed E-state index contributed by atoms with van der Waals surface area (Å²) in [4.78, 5) is 84.0. The summed E-state index contributed by atoms with van der Waals surface area (Å²) in [5.74, 6) is -7.94. The van der Waals surface area contributed by atoms with Gasteiger partial charge in [0, 0.05) is 51.4 Å². The predicted molar refractivity (Wildman–Crippen MR) is 255 cm³/mol. The summed E-state index contributed by atoms with van der Waals surface area (Å²) in [5.41, 5.74) is 1.26. The molecule has 15 heteroatoms. The van der Waals surface area contributed by atoms with Gasteiger partial charge in [0.05, 0.1) is 18.8 Å². The normalized spacial score (nSPS) is 37.9. The molecule has 0 radical (unpaired) electrons. The number of rotatable bonds is 7. The fourth-order valence-electron chi connectivity index (χ4n) is 10.2. The number of aliphatic hydroxyl groups is 2. The molecule has 0 unspecified atom stereocenters. The Balaban J connectivity index is 1.67. The summed E-state index contributed by atoms with van der Waals surface area (Å²) in [6.45, 7) is 14.7. The first-order valence-corrected chi connectivity index (χ1v) is 25.0. The van der Waals surface area contributed by atoms with Crippen LogP contribution in [0, 0.1) is 35.5 Å². The minimum Gasteiger partial charge on any atom is -0.460 e. The fourth-order valence-corrected chi connectivity index (χ4v) is 10.2. The van der Waals surface area contributed by atoms with E-state index in [1.54, 1.807) is 40.9 Å². The van der Waals surface area contributed by atoms with Crippen molar-refractivity contribution in [3.63, 3.8) is 0 Å². The molecule has 12 atom stereocenters. The van der Waals surface area contributed by atoms with Crippen LogP contribution in [0.15, 0.2) is 47.6 Å². The molecule has 1 amide bonds. The van der Waals surface area contributed by atoms with Gasteiger partial charge in [0.15, 0.2) is 5.78 Å². The zero-order valence-corrected chi connectivity index (χ0v) is 42.3. The lowest BCUT2D eigenvalue weighted by Gasteiger charge is -2.42. The van der Waals surface area contributed by atoms with Crippen LogP contribution in [0.2, 0.25) is 0 Å². The first-order valence-electron chi connectivity index (χ1n) is 25.0. The average molecular weight is 956 g/mol. The van der Waals surface area contributed by atoms with Crippen LogP contribution in [0.25, 0.3) is 0 Å². The van der Waals surface area contributed by atoms with Gasteiger partial charge in [-0.15, -0.1) is 0 Å². The monoisotopic (exact) mass is 956 g/mol. The topological polar surface area (TPSA) is 201 Å². The smallest absolute Gasteiger partial charge is 0.460 e. The lowest BCUT2D eigenvalue weighted by molar-refractivity contribution is -0.265. The van der Waals surface area contributed by atoms with Crippen molar-refractivity contribution in [2.24, 2.45) is 35.5 Å². The van der Waals surface area contributed by atoms with Crippen LogP contribution in [0.5, 0.6) is 0 Å². The molecule has 15 nitrogen and oxygen atoms in total. The molecule has 3 heterocycles. The number of allylic oxidation sites excluding steroid dienone is 6. The Bertz CT molecular complexity index is 1850. The van der Waals surface area contributed by atoms with Crippen molar-refractivity contribution < 1.29 is 67.4 Å². The van der Waals surface area contributed by atoms with Crippen LogP contribution < -0.4 is 0 Å². The molecular formula is C53H81NO14. The number of ketones is 3. The highest BCUT2D eigenvalue weighted by molar-refractivity contribution is 6.39. The summed E-state index contributed by atoms with van der Waals surface area (Å²) < 4.78 is 34.3. The molecule has 0 aromatic rings. The molecule has 1 aliphatic carbocycles. The first-order chi connectivity index (χ1) is 32.2. The van der Waals surface area contributed by atoms with Crippen molar-refractivity contribution in [1.82, 2.24) is 4.90 Å². The Kier molecular flexibility index (Phi) is 22.3. The van der Waals surface area contributed by atoms with Crippen molar-refractivity contribution in [2.45, 2.75) is 187 Å². The molecule has 3 fully saturated rings. The van der Waals surface area contributed by atoms with Crippen molar-refractivity contribution in [3.8, 4) is 0 Å². The molecule has 2 bridgehead atoms. The van der Waals surface area contributed by atoms with Crippen LogP contribution in [0.1, 0.15) is 139 Å². The van der Waals surface area contributed by atoms with Crippen LogP contribution in [0.4, 0.5) is 4.79 Å². The Morgan fingerprint density at radius 3 is 2.26 bits per heavy atom. The number of carbonyl (C=O) groups is 6. The molecular weight excluding hydrogens is 875 g/mol. The van der Waals surface area contributed by atoms with E-state index in [0.717, 1.165) is 18.4 Å². The maximum Gasteiger partial charge on any atom is 0.508 e. The van der Waals surface area contributed by atoms with Crippen LogP contribution >= 0.6 is 0 Å². The quantitative estimate of drug-likeness (QED) is 0.143. The minimum atomic E-state index is -2.44. The second-order valence-electron chi connectivity index (χ2n) is 20.0. The standard InChI is InChI=1S/C53H81NO14/c1-11-65-52(61)66-40-24-21-39(22-25-40)29-35(5)45-31-43(55)34(4)28-37(7)47(57)48(64-10)46(56)36(6)27-32(2)17-13-12-14-18-33(3)44(63-9)30-41-23-20-38(8)53(62,68-41)49(58)50(59)54-26-16-15-19-42(54)51(60)67-45/h12-14,17-18,28,32,34-36,38-42,44-45,47-48,57,62H,11,15-16,19-27,29-31H2,1-10H3/b14-12+,17-13+,33-18+,37-28+/t32-,34-,35-,36-,38-,39-,40-,41+,42+,44+,45+,47-,48+,53-/m1/s1. The van der Waals surface area contributed by atoms with Crippen molar-refractivity contribution in [3.05, 3.63) is 47.6 Å². The number of ether oxygens (including phenoxy) is 6. The number of methoxy groups -OCH3 is 2. The highest BCUT2D eigenvalue weighted by atomic mass is 16.7. The van der Waals surface area contributed by atoms with E-state index in [-0.39, 0.29) is 61.4 Å². The van der Waals surface area contributed by atoms with Gasteiger partial charge in [-0.3, -0.25) is 19.2 Å². The van der Waals surface area contributed by atoms with E-state index < -0.39 is 83.9 Å². The van der Waals surface area contributed by atoms with E-state index in [1.165, 1.54) is 12.0 Å². The van der Waals surface area contributed by atoms with Crippen LogP contribution in [-0.2, 0) is 52.4 Å². The number of Topliss-reactive ketones (excluding diaryl/α,β-unsaturated/α-hetero) is 3. The van der Waals surface area contributed by atoms with Gasteiger partial charge >= 0.3 is 12.1 Å². The van der Waals surface area contributed by atoms with Gasteiger partial charge in [0.25, 0.3) is 11.7 Å². The maximum atomic E-state index is 14.4. The fraction of sp³-hybridized carbons (Fsp3) is 0.736. The second-order valence-corrected chi connectivity index (χ2v) is 20.0. The lowest BCUT2D eigenvalue weighted by Crippen LogP contribution is -2.61. The number of amides is 1. The number of aliphatic hydroxyl groups excluding tert-OH is 1.